The van der Waals surface area contributed by atoms with E-state index in [2.05, 4.69) is 26.3 Å². The molecular formula is C20H23N6O5+. The fourth-order valence-corrected chi connectivity index (χ4v) is 2.74. The predicted octanol–water partition coefficient (Wildman–Crippen LogP) is -0.605. The van der Waals surface area contributed by atoms with Gasteiger partial charge in [0.15, 0.2) is 0 Å². The first-order chi connectivity index (χ1) is 15.0. The molecule has 0 aliphatic rings. The summed E-state index contributed by atoms with van der Waals surface area (Å²) in [4.78, 5) is 44.3. The summed E-state index contributed by atoms with van der Waals surface area (Å²) in [6, 6.07) is 6.56. The van der Waals surface area contributed by atoms with Gasteiger partial charge in [0.25, 0.3) is 11.5 Å². The van der Waals surface area contributed by atoms with Crippen molar-refractivity contribution in [1.29, 1.82) is 0 Å². The van der Waals surface area contributed by atoms with Crippen LogP contribution in [0, 0.1) is 0 Å². The molecule has 3 aromatic heterocycles. The highest BCUT2D eigenvalue weighted by Gasteiger charge is 2.20. The normalized spacial score (nSPS) is 11.6. The maximum atomic E-state index is 12.5. The van der Waals surface area contributed by atoms with Crippen molar-refractivity contribution in [2.45, 2.75) is 12.5 Å². The zero-order valence-electron chi connectivity index (χ0n) is 16.7. The van der Waals surface area contributed by atoms with E-state index in [0.29, 0.717) is 17.9 Å². The third-order valence-corrected chi connectivity index (χ3v) is 4.33. The third-order valence-electron chi connectivity index (χ3n) is 4.33. The van der Waals surface area contributed by atoms with Crippen molar-refractivity contribution in [3.8, 4) is 5.75 Å². The van der Waals surface area contributed by atoms with Crippen molar-refractivity contribution < 1.29 is 25.2 Å². The number of hydrogen-bond donors (Lipinski definition) is 4. The van der Waals surface area contributed by atoms with E-state index < -0.39 is 23.5 Å². The van der Waals surface area contributed by atoms with Gasteiger partial charge in [-0.15, -0.1) is 0 Å². The van der Waals surface area contributed by atoms with E-state index in [9.17, 15) is 19.5 Å². The quantitative estimate of drug-likeness (QED) is 0.312. The molecule has 0 spiro atoms. The molecule has 0 fully saturated rings. The highest BCUT2D eigenvalue weighted by molar-refractivity contribution is 5.95. The van der Waals surface area contributed by atoms with Crippen LogP contribution in [0.2, 0.25) is 0 Å². The van der Waals surface area contributed by atoms with E-state index in [1.54, 1.807) is 30.5 Å². The Hall–Kier alpha value is -3.99. The number of anilines is 1. The van der Waals surface area contributed by atoms with Crippen LogP contribution in [-0.4, -0.2) is 57.1 Å². The van der Waals surface area contributed by atoms with Crippen molar-refractivity contribution in [3.63, 3.8) is 0 Å². The molecule has 0 aliphatic carbocycles. The van der Waals surface area contributed by atoms with Crippen LogP contribution >= 0.6 is 0 Å². The van der Waals surface area contributed by atoms with Crippen LogP contribution in [0.5, 0.6) is 5.75 Å². The van der Waals surface area contributed by atoms with Crippen LogP contribution in [0.15, 0.2) is 53.7 Å². The third kappa shape index (κ3) is 5.76. The molecule has 0 saturated carbocycles. The van der Waals surface area contributed by atoms with Crippen LogP contribution in [0.1, 0.15) is 16.8 Å². The van der Waals surface area contributed by atoms with Gasteiger partial charge in [-0.2, -0.15) is 0 Å². The van der Waals surface area contributed by atoms with E-state index in [-0.39, 0.29) is 18.1 Å². The zero-order valence-corrected chi connectivity index (χ0v) is 16.7. The fourth-order valence-electron chi connectivity index (χ4n) is 2.74. The van der Waals surface area contributed by atoms with Gasteiger partial charge in [0.05, 0.1) is 19.3 Å². The molecule has 0 bridgehead atoms. The Balaban J connectivity index is 1.70. The van der Waals surface area contributed by atoms with Crippen molar-refractivity contribution in [2.75, 3.05) is 25.0 Å². The van der Waals surface area contributed by atoms with Crippen LogP contribution < -0.4 is 26.7 Å². The van der Waals surface area contributed by atoms with Crippen molar-refractivity contribution in [1.82, 2.24) is 19.7 Å². The van der Waals surface area contributed by atoms with Crippen molar-refractivity contribution in [3.05, 3.63) is 64.8 Å². The van der Waals surface area contributed by atoms with E-state index in [4.69, 9.17) is 4.74 Å². The lowest BCUT2D eigenvalue weighted by Gasteiger charge is -2.15. The number of carboxylic acid groups (broad SMARTS) is 1. The SMILES string of the molecule is [NH3+]CCCOc1ccc2cc(C(=O)NCC(Nc3ncccn3)C(=O)O)cc(=O)n2c1. The molecule has 1 amide bonds. The van der Waals surface area contributed by atoms with Gasteiger partial charge in [0.2, 0.25) is 5.95 Å². The molecule has 0 saturated heterocycles. The standard InChI is InChI=1S/C20H22N6O5/c21-5-1-8-31-15-4-3-14-9-13(10-17(27)26(14)12-15)18(28)24-11-16(19(29)30)25-20-22-6-2-7-23-20/h2-4,6-7,9-10,12,16H,1,5,8,11,21H2,(H,24,28)(H,29,30)(H,22,23,25)/p+1. The van der Waals surface area contributed by atoms with Gasteiger partial charge in [-0.1, -0.05) is 0 Å². The molecule has 0 aliphatic heterocycles. The van der Waals surface area contributed by atoms with Gasteiger partial charge >= 0.3 is 5.97 Å². The maximum Gasteiger partial charge on any atom is 0.328 e. The average Bonchev–Trinajstić information content (AvgIpc) is 2.77. The molecule has 0 aromatic carbocycles. The largest absolute Gasteiger partial charge is 0.492 e. The number of carbonyl (C=O) groups excluding carboxylic acids is 1. The van der Waals surface area contributed by atoms with E-state index in [0.717, 1.165) is 13.0 Å². The average molecular weight is 427 g/mol. The summed E-state index contributed by atoms with van der Waals surface area (Å²) in [6.07, 6.45) is 5.29. The molecular weight excluding hydrogens is 404 g/mol. The van der Waals surface area contributed by atoms with Gasteiger partial charge in [0, 0.05) is 42.5 Å². The van der Waals surface area contributed by atoms with Gasteiger partial charge in [0.1, 0.15) is 11.8 Å². The van der Waals surface area contributed by atoms with Gasteiger partial charge in [-0.25, -0.2) is 14.8 Å². The van der Waals surface area contributed by atoms with E-state index >= 15 is 0 Å². The Morgan fingerprint density at radius 1 is 1.23 bits per heavy atom. The first kappa shape index (κ1) is 21.7. The number of nitrogens with one attached hydrogen (secondary N) is 2. The highest BCUT2D eigenvalue weighted by Crippen LogP contribution is 2.13. The number of hydrogen-bond acceptors (Lipinski definition) is 7. The number of carbonyl (C=O) groups is 2. The smallest absolute Gasteiger partial charge is 0.328 e. The molecule has 162 valence electrons. The summed E-state index contributed by atoms with van der Waals surface area (Å²) < 4.78 is 6.95. The first-order valence-electron chi connectivity index (χ1n) is 9.61. The van der Waals surface area contributed by atoms with Crippen molar-refractivity contribution >= 4 is 23.3 Å². The summed E-state index contributed by atoms with van der Waals surface area (Å²) in [5, 5.41) is 14.5. The number of aromatic nitrogens is 3. The Labute approximate surface area is 176 Å². The van der Waals surface area contributed by atoms with Crippen LogP contribution in [0.3, 0.4) is 0 Å². The highest BCUT2D eigenvalue weighted by atomic mass is 16.5. The first-order valence-corrected chi connectivity index (χ1v) is 9.61. The Morgan fingerprint density at radius 2 is 2.00 bits per heavy atom. The minimum atomic E-state index is -1.18. The van der Waals surface area contributed by atoms with Gasteiger partial charge in [-0.3, -0.25) is 14.0 Å². The van der Waals surface area contributed by atoms with Crippen molar-refractivity contribution in [2.24, 2.45) is 0 Å². The number of ether oxygens (including phenoxy) is 1. The molecule has 1 atom stereocenters. The molecule has 3 rings (SSSR count). The number of fused-ring (bicyclic) bond motifs is 1. The second-order valence-electron chi connectivity index (χ2n) is 6.62. The Bertz CT molecular complexity index is 1120. The molecule has 3 heterocycles. The molecule has 1 unspecified atom stereocenters. The summed E-state index contributed by atoms with van der Waals surface area (Å²) >= 11 is 0. The van der Waals surface area contributed by atoms with Crippen LogP contribution in [-0.2, 0) is 4.79 Å². The lowest BCUT2D eigenvalue weighted by Crippen LogP contribution is -2.50. The monoisotopic (exact) mass is 427 g/mol. The summed E-state index contributed by atoms with van der Waals surface area (Å²) in [7, 11) is 0. The van der Waals surface area contributed by atoms with Gasteiger partial charge < -0.3 is 26.2 Å². The Morgan fingerprint density at radius 3 is 2.71 bits per heavy atom. The summed E-state index contributed by atoms with van der Waals surface area (Å²) in [5.41, 5.74) is 3.97. The second-order valence-corrected chi connectivity index (χ2v) is 6.62. The number of pyridine rings is 2. The molecule has 3 aromatic rings. The minimum Gasteiger partial charge on any atom is -0.492 e. The van der Waals surface area contributed by atoms with E-state index in [1.165, 1.54) is 22.9 Å². The Kier molecular flexibility index (Phi) is 7.12. The minimum absolute atomic E-state index is 0.121. The summed E-state index contributed by atoms with van der Waals surface area (Å²) in [5.74, 6) is -1.09. The number of aliphatic carboxylic acids is 1. The number of rotatable bonds is 10. The topological polar surface area (TPSA) is 163 Å². The number of quaternary nitrogens is 1. The number of nitrogens with zero attached hydrogens (tertiary/aromatic N) is 3. The molecule has 6 N–H and O–H groups in total. The predicted molar refractivity (Wildman–Crippen MR) is 111 cm³/mol. The lowest BCUT2D eigenvalue weighted by molar-refractivity contribution is -0.368. The number of carboxylic acids is 1. The van der Waals surface area contributed by atoms with E-state index in [1.807, 2.05) is 0 Å². The second kappa shape index (κ2) is 10.2. The lowest BCUT2D eigenvalue weighted by atomic mass is 10.2. The maximum absolute atomic E-state index is 12.5. The fraction of sp³-hybridized carbons (Fsp3) is 0.250. The molecule has 31 heavy (non-hydrogen) atoms. The van der Waals surface area contributed by atoms with Crippen LogP contribution in [0.4, 0.5) is 5.95 Å². The molecule has 0 radical (unpaired) electrons. The summed E-state index contributed by atoms with van der Waals surface area (Å²) in [6.45, 7) is 1.02. The number of amides is 1. The zero-order chi connectivity index (χ0) is 22.2. The molecule has 11 nitrogen and oxygen atoms in total. The molecule has 11 heteroatoms. The van der Waals surface area contributed by atoms with Gasteiger partial charge in [-0.05, 0) is 24.3 Å². The van der Waals surface area contributed by atoms with Crippen LogP contribution in [0.25, 0.3) is 5.52 Å².